The highest BCUT2D eigenvalue weighted by Crippen LogP contribution is 2.13. The van der Waals surface area contributed by atoms with Crippen molar-refractivity contribution in [3.05, 3.63) is 72.9 Å². The molecule has 0 aromatic carbocycles. The molecule has 14 heavy (non-hydrogen) atoms. The first kappa shape index (κ1) is 12.4. The van der Waals surface area contributed by atoms with E-state index in [0.29, 0.717) is 0 Å². The van der Waals surface area contributed by atoms with E-state index < -0.39 is 0 Å². The fourth-order valence-corrected chi connectivity index (χ4v) is 1.09. The van der Waals surface area contributed by atoms with E-state index in [1.54, 1.807) is 12.2 Å². The molecule has 0 fully saturated rings. The van der Waals surface area contributed by atoms with Gasteiger partial charge in [-0.15, -0.1) is 0 Å². The SMILES string of the molecule is C=C\C=C/C(=C\C=C)C(/C=C\C)=C/C. The Morgan fingerprint density at radius 1 is 0.929 bits per heavy atom. The van der Waals surface area contributed by atoms with Gasteiger partial charge in [-0.25, -0.2) is 0 Å². The Hall–Kier alpha value is -1.56. The van der Waals surface area contributed by atoms with Crippen LogP contribution in [-0.2, 0) is 0 Å². The summed E-state index contributed by atoms with van der Waals surface area (Å²) in [6, 6.07) is 0. The molecule has 0 bridgehead atoms. The molecule has 0 aromatic rings. The molecule has 0 atom stereocenters. The molecule has 0 radical (unpaired) electrons. The van der Waals surface area contributed by atoms with E-state index in [0.717, 1.165) is 5.57 Å². The van der Waals surface area contributed by atoms with Crippen LogP contribution in [0.15, 0.2) is 72.9 Å². The van der Waals surface area contributed by atoms with Gasteiger partial charge in [0.05, 0.1) is 0 Å². The van der Waals surface area contributed by atoms with E-state index in [9.17, 15) is 0 Å². The lowest BCUT2D eigenvalue weighted by Gasteiger charge is -2.01. The monoisotopic (exact) mass is 186 g/mol. The highest BCUT2D eigenvalue weighted by Gasteiger charge is 1.94. The van der Waals surface area contributed by atoms with Crippen molar-refractivity contribution in [3.63, 3.8) is 0 Å². The molecule has 0 heterocycles. The molecule has 0 heteroatoms. The van der Waals surface area contributed by atoms with Crippen LogP contribution in [0.2, 0.25) is 0 Å². The standard InChI is InChI=1S/C14H18/c1-5-9-12-14(11-7-3)13(8-4)10-6-2/h5-12H,1,3H2,2,4H3/b10-6-,12-9-,13-8+,14-11+. The van der Waals surface area contributed by atoms with Gasteiger partial charge in [-0.1, -0.05) is 61.8 Å². The third kappa shape index (κ3) is 4.46. The zero-order chi connectivity index (χ0) is 10.8. The topological polar surface area (TPSA) is 0 Å². The molecule has 0 aromatic heterocycles. The summed E-state index contributed by atoms with van der Waals surface area (Å²) in [6.45, 7) is 11.4. The second-order valence-corrected chi connectivity index (χ2v) is 2.70. The maximum Gasteiger partial charge on any atom is -0.0188 e. The van der Waals surface area contributed by atoms with E-state index in [2.05, 4.69) is 25.3 Å². The van der Waals surface area contributed by atoms with Crippen LogP contribution < -0.4 is 0 Å². The van der Waals surface area contributed by atoms with E-state index in [4.69, 9.17) is 0 Å². The lowest BCUT2D eigenvalue weighted by Crippen LogP contribution is -1.81. The van der Waals surface area contributed by atoms with Gasteiger partial charge in [-0.2, -0.15) is 0 Å². The molecule has 0 saturated carbocycles. The highest BCUT2D eigenvalue weighted by atomic mass is 14.0. The lowest BCUT2D eigenvalue weighted by molar-refractivity contribution is 1.48. The summed E-state index contributed by atoms with van der Waals surface area (Å²) in [4.78, 5) is 0. The summed E-state index contributed by atoms with van der Waals surface area (Å²) in [5.41, 5.74) is 2.33. The molecular formula is C14H18. The molecule has 0 nitrogen and oxygen atoms in total. The maximum absolute atomic E-state index is 3.70. The smallest absolute Gasteiger partial charge is 0.0188 e. The minimum absolute atomic E-state index is 1.14. The predicted molar refractivity (Wildman–Crippen MR) is 66.2 cm³/mol. The lowest BCUT2D eigenvalue weighted by atomic mass is 10.0. The van der Waals surface area contributed by atoms with Crippen LogP contribution in [0.25, 0.3) is 0 Å². The van der Waals surface area contributed by atoms with Gasteiger partial charge in [0.1, 0.15) is 0 Å². The average molecular weight is 186 g/mol. The second kappa shape index (κ2) is 8.06. The zero-order valence-corrected chi connectivity index (χ0v) is 9.03. The summed E-state index contributed by atoms with van der Waals surface area (Å²) in [5, 5.41) is 0. The summed E-state index contributed by atoms with van der Waals surface area (Å²) >= 11 is 0. The molecule has 0 spiro atoms. The Morgan fingerprint density at radius 3 is 2.07 bits per heavy atom. The van der Waals surface area contributed by atoms with E-state index in [1.165, 1.54) is 5.57 Å². The third-order valence-electron chi connectivity index (χ3n) is 1.70. The van der Waals surface area contributed by atoms with Crippen molar-refractivity contribution in [1.29, 1.82) is 0 Å². The first-order chi connectivity index (χ1) is 6.79. The minimum Gasteiger partial charge on any atom is -0.0991 e. The number of hydrogen-bond acceptors (Lipinski definition) is 0. The Morgan fingerprint density at radius 2 is 1.64 bits per heavy atom. The van der Waals surface area contributed by atoms with Crippen LogP contribution >= 0.6 is 0 Å². The Kier molecular flexibility index (Phi) is 7.16. The van der Waals surface area contributed by atoms with Gasteiger partial charge in [-0.3, -0.25) is 0 Å². The molecule has 0 rings (SSSR count). The second-order valence-electron chi connectivity index (χ2n) is 2.70. The van der Waals surface area contributed by atoms with Crippen LogP contribution in [0.3, 0.4) is 0 Å². The summed E-state index contributed by atoms with van der Waals surface area (Å²) < 4.78 is 0. The van der Waals surface area contributed by atoms with Crippen LogP contribution in [0.4, 0.5) is 0 Å². The number of rotatable bonds is 5. The Balaban J connectivity index is 4.98. The molecule has 0 N–H and O–H groups in total. The van der Waals surface area contributed by atoms with Crippen molar-refractivity contribution in [3.8, 4) is 0 Å². The van der Waals surface area contributed by atoms with Crippen molar-refractivity contribution in [1.82, 2.24) is 0 Å². The quantitative estimate of drug-likeness (QED) is 0.559. The van der Waals surface area contributed by atoms with Crippen LogP contribution in [0.5, 0.6) is 0 Å². The van der Waals surface area contributed by atoms with Crippen LogP contribution in [0.1, 0.15) is 13.8 Å². The number of allylic oxidation sites excluding steroid dienone is 10. The molecule has 0 aliphatic heterocycles. The summed E-state index contributed by atoms with van der Waals surface area (Å²) in [7, 11) is 0. The van der Waals surface area contributed by atoms with Crippen LogP contribution in [-0.4, -0.2) is 0 Å². The molecule has 0 aliphatic carbocycles. The predicted octanol–water partition coefficient (Wildman–Crippen LogP) is 4.36. The maximum atomic E-state index is 3.70. The summed E-state index contributed by atoms with van der Waals surface area (Å²) in [6.07, 6.45) is 15.6. The van der Waals surface area contributed by atoms with Crippen molar-refractivity contribution in [2.75, 3.05) is 0 Å². The largest absolute Gasteiger partial charge is 0.0991 e. The molecule has 74 valence electrons. The minimum atomic E-state index is 1.14. The first-order valence-electron chi connectivity index (χ1n) is 4.71. The third-order valence-corrected chi connectivity index (χ3v) is 1.70. The van der Waals surface area contributed by atoms with E-state index in [-0.39, 0.29) is 0 Å². The number of hydrogen-bond donors (Lipinski definition) is 0. The fraction of sp³-hybridized carbons (Fsp3) is 0.143. The van der Waals surface area contributed by atoms with Crippen molar-refractivity contribution in [2.24, 2.45) is 0 Å². The molecule has 0 saturated heterocycles. The van der Waals surface area contributed by atoms with Gasteiger partial charge in [0.15, 0.2) is 0 Å². The molecule has 0 aliphatic rings. The van der Waals surface area contributed by atoms with Gasteiger partial charge in [0.2, 0.25) is 0 Å². The Labute approximate surface area is 87.3 Å². The van der Waals surface area contributed by atoms with Gasteiger partial charge in [0.25, 0.3) is 0 Å². The van der Waals surface area contributed by atoms with Gasteiger partial charge < -0.3 is 0 Å². The van der Waals surface area contributed by atoms with Crippen molar-refractivity contribution < 1.29 is 0 Å². The van der Waals surface area contributed by atoms with Crippen LogP contribution in [0, 0.1) is 0 Å². The summed E-state index contributed by atoms with van der Waals surface area (Å²) in [5.74, 6) is 0. The molecule has 0 amide bonds. The molecular weight excluding hydrogens is 168 g/mol. The van der Waals surface area contributed by atoms with Gasteiger partial charge in [0, 0.05) is 0 Å². The van der Waals surface area contributed by atoms with Crippen molar-refractivity contribution in [2.45, 2.75) is 13.8 Å². The normalized spacial score (nSPS) is 13.9. The first-order valence-corrected chi connectivity index (χ1v) is 4.71. The van der Waals surface area contributed by atoms with Gasteiger partial charge in [-0.05, 0) is 25.0 Å². The zero-order valence-electron chi connectivity index (χ0n) is 9.03. The van der Waals surface area contributed by atoms with E-state index >= 15 is 0 Å². The average Bonchev–Trinajstić information content (AvgIpc) is 2.21. The highest BCUT2D eigenvalue weighted by molar-refractivity contribution is 5.47. The molecule has 0 unspecified atom stereocenters. The van der Waals surface area contributed by atoms with Crippen molar-refractivity contribution >= 4 is 0 Å². The Bertz CT molecular complexity index is 296. The van der Waals surface area contributed by atoms with Gasteiger partial charge >= 0.3 is 0 Å². The van der Waals surface area contributed by atoms with E-state index in [1.807, 2.05) is 38.2 Å². The fourth-order valence-electron chi connectivity index (χ4n) is 1.09.